The summed E-state index contributed by atoms with van der Waals surface area (Å²) in [6.07, 6.45) is 2.46. The van der Waals surface area contributed by atoms with Crippen LogP contribution in [0.4, 0.5) is 4.39 Å². The summed E-state index contributed by atoms with van der Waals surface area (Å²) < 4.78 is 14.5. The zero-order valence-corrected chi connectivity index (χ0v) is 8.65. The van der Waals surface area contributed by atoms with E-state index >= 15 is 0 Å². The second-order valence-electron chi connectivity index (χ2n) is 3.01. The molecule has 1 N–H and O–H groups in total. The van der Waals surface area contributed by atoms with Crippen molar-refractivity contribution in [2.24, 2.45) is 0 Å². The number of carboxylic acids is 1. The molecule has 0 bridgehead atoms. The topological polar surface area (TPSA) is 54.6 Å². The molecule has 0 spiro atoms. The second-order valence-corrected chi connectivity index (χ2v) is 3.37. The van der Waals surface area contributed by atoms with E-state index in [0.29, 0.717) is 5.65 Å². The first-order chi connectivity index (χ1) is 7.59. The summed E-state index contributed by atoms with van der Waals surface area (Å²) >= 11 is 5.78. The zero-order chi connectivity index (χ0) is 11.7. The van der Waals surface area contributed by atoms with Crippen molar-refractivity contribution in [3.8, 4) is 0 Å². The monoisotopic (exact) mass is 240 g/mol. The van der Waals surface area contributed by atoms with Crippen molar-refractivity contribution in [2.45, 2.75) is 0 Å². The molecule has 6 heteroatoms. The van der Waals surface area contributed by atoms with E-state index in [1.807, 2.05) is 0 Å². The molecule has 4 nitrogen and oxygen atoms in total. The van der Waals surface area contributed by atoms with Gasteiger partial charge in [0.25, 0.3) is 0 Å². The first-order valence-corrected chi connectivity index (χ1v) is 4.70. The highest BCUT2D eigenvalue weighted by Crippen LogP contribution is 2.20. The lowest BCUT2D eigenvalue weighted by atomic mass is 10.3. The van der Waals surface area contributed by atoms with E-state index in [2.05, 4.69) is 4.98 Å². The molecule has 0 unspecified atom stereocenters. The van der Waals surface area contributed by atoms with Gasteiger partial charge in [0.2, 0.25) is 5.83 Å². The molecular weight excluding hydrogens is 235 g/mol. The van der Waals surface area contributed by atoms with E-state index < -0.39 is 11.8 Å². The predicted molar refractivity (Wildman–Crippen MR) is 56.9 cm³/mol. The zero-order valence-electron chi connectivity index (χ0n) is 7.89. The highest BCUT2D eigenvalue weighted by molar-refractivity contribution is 6.31. The summed E-state index contributed by atoms with van der Waals surface area (Å²) in [6, 6.07) is 5.14. The third-order valence-corrected chi connectivity index (χ3v) is 2.27. The molecule has 2 heterocycles. The van der Waals surface area contributed by atoms with E-state index in [0.717, 1.165) is 6.08 Å². The van der Waals surface area contributed by atoms with Crippen molar-refractivity contribution in [3.63, 3.8) is 0 Å². The number of fused-ring (bicyclic) bond motifs is 1. The number of nitrogens with zero attached hydrogens (tertiary/aromatic N) is 2. The van der Waals surface area contributed by atoms with Crippen LogP contribution >= 0.6 is 11.6 Å². The molecule has 2 aromatic rings. The Hall–Kier alpha value is -1.88. The molecule has 0 aromatic carbocycles. The van der Waals surface area contributed by atoms with Gasteiger partial charge in [0.1, 0.15) is 5.65 Å². The van der Waals surface area contributed by atoms with Crippen LogP contribution in [0.25, 0.3) is 11.7 Å². The van der Waals surface area contributed by atoms with Crippen LogP contribution in [0.2, 0.25) is 5.15 Å². The Balaban J connectivity index is 2.64. The third-order valence-electron chi connectivity index (χ3n) is 1.99. The molecular formula is C10H6ClFN2O2. The highest BCUT2D eigenvalue weighted by atomic mass is 35.5. The molecule has 0 saturated heterocycles. The third kappa shape index (κ3) is 1.77. The van der Waals surface area contributed by atoms with Gasteiger partial charge in [-0.25, -0.2) is 9.78 Å². The number of carbonyl (C=O) groups is 1. The average Bonchev–Trinajstić information content (AvgIpc) is 2.55. The Morgan fingerprint density at radius 1 is 1.56 bits per heavy atom. The second kappa shape index (κ2) is 3.94. The van der Waals surface area contributed by atoms with E-state index in [9.17, 15) is 9.18 Å². The number of pyridine rings is 1. The SMILES string of the molecule is O=C(O)C(F)=Cc1c(Cl)nc2ccccn12. The molecule has 2 rings (SSSR count). The van der Waals surface area contributed by atoms with Gasteiger partial charge in [-0.1, -0.05) is 17.7 Å². The molecule has 0 aliphatic heterocycles. The van der Waals surface area contributed by atoms with Crippen LogP contribution in [-0.4, -0.2) is 20.5 Å². The molecule has 0 atom stereocenters. The van der Waals surface area contributed by atoms with Crippen molar-refractivity contribution >= 4 is 29.3 Å². The van der Waals surface area contributed by atoms with Crippen LogP contribution < -0.4 is 0 Å². The van der Waals surface area contributed by atoms with Gasteiger partial charge in [-0.3, -0.25) is 4.40 Å². The van der Waals surface area contributed by atoms with Gasteiger partial charge in [-0.15, -0.1) is 0 Å². The molecule has 82 valence electrons. The first-order valence-electron chi connectivity index (χ1n) is 4.32. The Morgan fingerprint density at radius 2 is 2.31 bits per heavy atom. The quantitative estimate of drug-likeness (QED) is 0.820. The number of imidazole rings is 1. The largest absolute Gasteiger partial charge is 0.476 e. The van der Waals surface area contributed by atoms with E-state index in [-0.39, 0.29) is 10.8 Å². The number of hydrogen-bond acceptors (Lipinski definition) is 2. The Morgan fingerprint density at radius 3 is 3.00 bits per heavy atom. The van der Waals surface area contributed by atoms with Crippen LogP contribution in [0.3, 0.4) is 0 Å². The van der Waals surface area contributed by atoms with Gasteiger partial charge >= 0.3 is 5.97 Å². The summed E-state index contributed by atoms with van der Waals surface area (Å²) in [4.78, 5) is 14.3. The van der Waals surface area contributed by atoms with E-state index in [1.54, 1.807) is 24.4 Å². The molecule has 0 amide bonds. The van der Waals surface area contributed by atoms with Crippen LogP contribution in [0, 0.1) is 0 Å². The molecule has 2 aromatic heterocycles. The van der Waals surface area contributed by atoms with Crippen molar-refractivity contribution in [2.75, 3.05) is 0 Å². The van der Waals surface area contributed by atoms with E-state index in [1.165, 1.54) is 4.40 Å². The fourth-order valence-corrected chi connectivity index (χ4v) is 1.53. The smallest absolute Gasteiger partial charge is 0.364 e. The molecule has 0 aliphatic carbocycles. The maximum atomic E-state index is 13.0. The highest BCUT2D eigenvalue weighted by Gasteiger charge is 2.12. The lowest BCUT2D eigenvalue weighted by Gasteiger charge is -1.95. The number of halogens is 2. The Kier molecular flexibility index (Phi) is 2.62. The molecule has 0 saturated carbocycles. The van der Waals surface area contributed by atoms with Gasteiger partial charge < -0.3 is 5.11 Å². The lowest BCUT2D eigenvalue weighted by molar-refractivity contribution is -0.134. The summed E-state index contributed by atoms with van der Waals surface area (Å²) in [5, 5.41) is 8.49. The van der Waals surface area contributed by atoms with E-state index in [4.69, 9.17) is 16.7 Å². The average molecular weight is 241 g/mol. The van der Waals surface area contributed by atoms with Crippen molar-refractivity contribution in [1.82, 2.24) is 9.38 Å². The number of carboxylic acid groups (broad SMARTS) is 1. The number of rotatable bonds is 2. The van der Waals surface area contributed by atoms with Crippen molar-refractivity contribution in [1.29, 1.82) is 0 Å². The van der Waals surface area contributed by atoms with Gasteiger partial charge in [-0.05, 0) is 12.1 Å². The fraction of sp³-hybridized carbons (Fsp3) is 0. The minimum absolute atomic E-state index is 0.0580. The Labute approximate surface area is 94.6 Å². The first kappa shape index (κ1) is 10.6. The maximum Gasteiger partial charge on any atom is 0.364 e. The summed E-state index contributed by atoms with van der Waals surface area (Å²) in [6.45, 7) is 0. The van der Waals surface area contributed by atoms with Gasteiger partial charge in [0.05, 0.1) is 5.69 Å². The van der Waals surface area contributed by atoms with Gasteiger partial charge in [0, 0.05) is 12.3 Å². The summed E-state index contributed by atoms with van der Waals surface area (Å²) in [5.74, 6) is -2.92. The van der Waals surface area contributed by atoms with Crippen LogP contribution in [0.5, 0.6) is 0 Å². The minimum Gasteiger partial charge on any atom is -0.476 e. The number of aromatic nitrogens is 2. The van der Waals surface area contributed by atoms with Gasteiger partial charge in [-0.2, -0.15) is 4.39 Å². The normalized spacial score (nSPS) is 12.0. The molecule has 0 fully saturated rings. The minimum atomic E-state index is -1.64. The Bertz CT molecular complexity index is 592. The van der Waals surface area contributed by atoms with Crippen LogP contribution in [0.1, 0.15) is 5.69 Å². The summed E-state index contributed by atoms with van der Waals surface area (Å²) in [5.41, 5.74) is 0.731. The van der Waals surface area contributed by atoms with Crippen LogP contribution in [0.15, 0.2) is 30.2 Å². The van der Waals surface area contributed by atoms with Crippen molar-refractivity contribution in [3.05, 3.63) is 41.1 Å². The molecule has 16 heavy (non-hydrogen) atoms. The maximum absolute atomic E-state index is 13.0. The molecule has 0 aliphatic rings. The number of aliphatic carboxylic acids is 1. The van der Waals surface area contributed by atoms with Crippen LogP contribution in [-0.2, 0) is 4.79 Å². The van der Waals surface area contributed by atoms with Gasteiger partial charge in [0.15, 0.2) is 5.15 Å². The fourth-order valence-electron chi connectivity index (χ4n) is 1.30. The molecule has 0 radical (unpaired) electrons. The predicted octanol–water partition coefficient (Wildman–Crippen LogP) is 2.38. The summed E-state index contributed by atoms with van der Waals surface area (Å²) in [7, 11) is 0. The number of hydrogen-bond donors (Lipinski definition) is 1. The van der Waals surface area contributed by atoms with Crippen molar-refractivity contribution < 1.29 is 14.3 Å². The lowest BCUT2D eigenvalue weighted by Crippen LogP contribution is -1.95. The standard InChI is InChI=1S/C10H6ClFN2O2/c11-9-7(5-6(12)10(15)16)14-4-2-1-3-8(14)13-9/h1-5H,(H,15,16).